The van der Waals surface area contributed by atoms with Crippen LogP contribution in [0.1, 0.15) is 24.8 Å². The molecule has 0 aliphatic carbocycles. The molecule has 114 valence electrons. The summed E-state index contributed by atoms with van der Waals surface area (Å²) in [6.07, 6.45) is 5.46. The molecule has 2 heterocycles. The molecular weight excluding hydrogens is 294 g/mol. The van der Waals surface area contributed by atoms with E-state index in [-0.39, 0.29) is 0 Å². The first kappa shape index (κ1) is 14.0. The summed E-state index contributed by atoms with van der Waals surface area (Å²) >= 11 is 0. The van der Waals surface area contributed by atoms with Gasteiger partial charge in [-0.25, -0.2) is 8.42 Å². The van der Waals surface area contributed by atoms with Gasteiger partial charge in [-0.2, -0.15) is 0 Å². The number of benzene rings is 2. The molecule has 4 heteroatoms. The van der Waals surface area contributed by atoms with E-state index < -0.39 is 9.84 Å². The molecule has 1 fully saturated rings. The van der Waals surface area contributed by atoms with Crippen LogP contribution in [0, 0.1) is 0 Å². The van der Waals surface area contributed by atoms with E-state index in [1.807, 2.05) is 42.5 Å². The Hall–Kier alpha value is -1.65. The van der Waals surface area contributed by atoms with Crippen molar-refractivity contribution in [2.75, 3.05) is 19.6 Å². The summed E-state index contributed by atoms with van der Waals surface area (Å²) < 4.78 is 26.0. The topological polar surface area (TPSA) is 37.4 Å². The van der Waals surface area contributed by atoms with Crippen molar-refractivity contribution < 1.29 is 8.42 Å². The van der Waals surface area contributed by atoms with Crippen molar-refractivity contribution in [1.82, 2.24) is 4.90 Å². The van der Waals surface area contributed by atoms with Gasteiger partial charge < -0.3 is 0 Å². The van der Waals surface area contributed by atoms with Crippen molar-refractivity contribution in [3.63, 3.8) is 0 Å². The number of hydrogen-bond acceptors (Lipinski definition) is 3. The van der Waals surface area contributed by atoms with Gasteiger partial charge in [-0.1, -0.05) is 42.8 Å². The summed E-state index contributed by atoms with van der Waals surface area (Å²) in [6, 6.07) is 11.7. The molecule has 22 heavy (non-hydrogen) atoms. The Bertz CT molecular complexity index is 862. The second kappa shape index (κ2) is 5.21. The van der Waals surface area contributed by atoms with Crippen LogP contribution in [-0.2, 0) is 9.84 Å². The lowest BCUT2D eigenvalue weighted by atomic mass is 10.1. The van der Waals surface area contributed by atoms with Crippen molar-refractivity contribution in [3.8, 4) is 0 Å². The van der Waals surface area contributed by atoms with Gasteiger partial charge in [0.1, 0.15) is 0 Å². The van der Waals surface area contributed by atoms with Crippen molar-refractivity contribution >= 4 is 26.7 Å². The van der Waals surface area contributed by atoms with Gasteiger partial charge in [-0.05, 0) is 43.0 Å². The van der Waals surface area contributed by atoms with E-state index in [1.54, 1.807) is 0 Å². The number of sulfone groups is 1. The van der Waals surface area contributed by atoms with Crippen LogP contribution in [0.3, 0.4) is 0 Å². The average molecular weight is 313 g/mol. The number of fused-ring (bicyclic) bond motifs is 3. The van der Waals surface area contributed by atoms with Crippen LogP contribution < -0.4 is 0 Å². The Morgan fingerprint density at radius 1 is 0.955 bits per heavy atom. The first-order chi connectivity index (χ1) is 10.7. The zero-order valence-electron chi connectivity index (χ0n) is 12.5. The van der Waals surface area contributed by atoms with Crippen molar-refractivity contribution in [1.29, 1.82) is 0 Å². The first-order valence-electron chi connectivity index (χ1n) is 7.86. The Balaban J connectivity index is 1.76. The molecular formula is C18H19NO2S. The molecule has 2 aliphatic rings. The second-order valence-electron chi connectivity index (χ2n) is 6.16. The molecule has 4 rings (SSSR count). The number of likely N-dealkylation sites (tertiary alicyclic amines) is 1. The Kier molecular flexibility index (Phi) is 3.31. The highest BCUT2D eigenvalue weighted by molar-refractivity contribution is 7.96. The molecule has 0 saturated carbocycles. The summed E-state index contributed by atoms with van der Waals surface area (Å²) in [5.74, 6) is 0. The fourth-order valence-corrected chi connectivity index (χ4v) is 5.33. The standard InChI is InChI=1S/C18H19NO2S/c20-22(21)16(13-19-10-4-1-5-11-19)12-15-9-8-14-6-2-3-7-17(14)18(15)22/h2-3,6-9,12H,1,4-5,10-11,13H2. The molecule has 0 atom stereocenters. The van der Waals surface area contributed by atoms with Gasteiger partial charge in [0.25, 0.3) is 0 Å². The van der Waals surface area contributed by atoms with Crippen LogP contribution in [0.4, 0.5) is 0 Å². The van der Waals surface area contributed by atoms with E-state index in [0.29, 0.717) is 16.3 Å². The van der Waals surface area contributed by atoms with Crippen LogP contribution >= 0.6 is 0 Å². The Morgan fingerprint density at radius 3 is 2.55 bits per heavy atom. The van der Waals surface area contributed by atoms with E-state index in [1.165, 1.54) is 19.3 Å². The second-order valence-corrected chi connectivity index (χ2v) is 8.10. The number of hydrogen-bond donors (Lipinski definition) is 0. The van der Waals surface area contributed by atoms with Crippen molar-refractivity contribution in [2.45, 2.75) is 24.2 Å². The van der Waals surface area contributed by atoms with E-state index in [0.717, 1.165) is 29.4 Å². The maximum Gasteiger partial charge on any atom is 0.205 e. The first-order valence-corrected chi connectivity index (χ1v) is 9.34. The minimum atomic E-state index is -3.35. The molecule has 0 aromatic heterocycles. The maximum atomic E-state index is 13.0. The van der Waals surface area contributed by atoms with Gasteiger partial charge >= 0.3 is 0 Å². The largest absolute Gasteiger partial charge is 0.298 e. The molecule has 1 saturated heterocycles. The number of nitrogens with zero attached hydrogens (tertiary/aromatic N) is 1. The highest BCUT2D eigenvalue weighted by atomic mass is 32.2. The van der Waals surface area contributed by atoms with Crippen LogP contribution in [-0.4, -0.2) is 33.0 Å². The third-order valence-corrected chi connectivity index (χ3v) is 6.60. The molecule has 2 aromatic rings. The fraction of sp³-hybridized carbons (Fsp3) is 0.333. The SMILES string of the molecule is O=S1(=O)C(CN2CCCCC2)=Cc2ccc3ccccc3c21. The lowest BCUT2D eigenvalue weighted by Crippen LogP contribution is -2.32. The van der Waals surface area contributed by atoms with E-state index in [9.17, 15) is 8.42 Å². The predicted molar refractivity (Wildman–Crippen MR) is 89.4 cm³/mol. The molecule has 0 spiro atoms. The maximum absolute atomic E-state index is 13.0. The molecule has 0 N–H and O–H groups in total. The molecule has 0 radical (unpaired) electrons. The van der Waals surface area contributed by atoms with Gasteiger partial charge in [0.2, 0.25) is 9.84 Å². The van der Waals surface area contributed by atoms with Gasteiger partial charge in [0, 0.05) is 11.9 Å². The smallest absolute Gasteiger partial charge is 0.205 e. The van der Waals surface area contributed by atoms with Crippen molar-refractivity contribution in [3.05, 3.63) is 46.9 Å². The van der Waals surface area contributed by atoms with Crippen LogP contribution in [0.25, 0.3) is 16.8 Å². The van der Waals surface area contributed by atoms with Crippen LogP contribution in [0.15, 0.2) is 46.2 Å². The van der Waals surface area contributed by atoms with Gasteiger partial charge in [-0.15, -0.1) is 0 Å². The third kappa shape index (κ3) is 2.18. The minimum Gasteiger partial charge on any atom is -0.298 e. The van der Waals surface area contributed by atoms with Gasteiger partial charge in [0.05, 0.1) is 9.80 Å². The Morgan fingerprint density at radius 2 is 1.73 bits per heavy atom. The summed E-state index contributed by atoms with van der Waals surface area (Å²) in [5, 5.41) is 1.82. The lowest BCUT2D eigenvalue weighted by Gasteiger charge is -2.26. The zero-order chi connectivity index (χ0) is 15.2. The van der Waals surface area contributed by atoms with E-state index in [4.69, 9.17) is 0 Å². The molecule has 0 amide bonds. The molecule has 0 bridgehead atoms. The number of rotatable bonds is 2. The quantitative estimate of drug-likeness (QED) is 0.852. The molecule has 3 nitrogen and oxygen atoms in total. The highest BCUT2D eigenvalue weighted by Crippen LogP contribution is 2.38. The molecule has 0 unspecified atom stereocenters. The summed E-state index contributed by atoms with van der Waals surface area (Å²) in [6.45, 7) is 2.55. The highest BCUT2D eigenvalue weighted by Gasteiger charge is 2.32. The summed E-state index contributed by atoms with van der Waals surface area (Å²) in [4.78, 5) is 3.32. The third-order valence-electron chi connectivity index (χ3n) is 4.67. The van der Waals surface area contributed by atoms with E-state index in [2.05, 4.69) is 4.90 Å². The van der Waals surface area contributed by atoms with Gasteiger partial charge in [-0.3, -0.25) is 4.90 Å². The monoisotopic (exact) mass is 313 g/mol. The van der Waals surface area contributed by atoms with Gasteiger partial charge in [0.15, 0.2) is 0 Å². The molecule has 2 aromatic carbocycles. The predicted octanol–water partition coefficient (Wildman–Crippen LogP) is 3.45. The normalized spacial score (nSPS) is 20.8. The summed E-state index contributed by atoms with van der Waals surface area (Å²) in [5.41, 5.74) is 0.839. The zero-order valence-corrected chi connectivity index (χ0v) is 13.3. The van der Waals surface area contributed by atoms with E-state index >= 15 is 0 Å². The Labute approximate surface area is 131 Å². The number of piperidine rings is 1. The average Bonchev–Trinajstić information content (AvgIpc) is 2.79. The van der Waals surface area contributed by atoms with Crippen LogP contribution in [0.2, 0.25) is 0 Å². The molecule has 2 aliphatic heterocycles. The minimum absolute atomic E-state index is 0.498. The summed E-state index contributed by atoms with van der Waals surface area (Å²) in [7, 11) is -3.35. The fourth-order valence-electron chi connectivity index (χ4n) is 3.52. The van der Waals surface area contributed by atoms with Crippen LogP contribution in [0.5, 0.6) is 0 Å². The van der Waals surface area contributed by atoms with Crippen molar-refractivity contribution in [2.24, 2.45) is 0 Å². The lowest BCUT2D eigenvalue weighted by molar-refractivity contribution is 0.250.